The molecule has 220 valence electrons. The van der Waals surface area contributed by atoms with Crippen LogP contribution in [-0.4, -0.2) is 37.7 Å². The highest BCUT2D eigenvalue weighted by Crippen LogP contribution is 2.27. The number of hydrogen-bond acceptors (Lipinski definition) is 6. The van der Waals surface area contributed by atoms with Crippen LogP contribution in [0.3, 0.4) is 0 Å². The van der Waals surface area contributed by atoms with Crippen molar-refractivity contribution in [3.05, 3.63) is 119 Å². The van der Waals surface area contributed by atoms with E-state index >= 15 is 0 Å². The van der Waals surface area contributed by atoms with E-state index in [1.807, 2.05) is 44.2 Å². The molecule has 0 radical (unpaired) electrons. The Morgan fingerprint density at radius 3 is 2.12 bits per heavy atom. The minimum Gasteiger partial charge on any atom is -0.497 e. The fourth-order valence-corrected chi connectivity index (χ4v) is 4.96. The van der Waals surface area contributed by atoms with Gasteiger partial charge < -0.3 is 25.4 Å². The SMILES string of the molecule is COc1ccc(/C=C(\NC(=O)c2ccccc2)C(=O)Nc2ccc(SCC(=O)Nc3cc(C)cc(C)c3)cc2)c(OC)c1. The first-order chi connectivity index (χ1) is 20.7. The summed E-state index contributed by atoms with van der Waals surface area (Å²) in [6.45, 7) is 3.98. The van der Waals surface area contributed by atoms with Gasteiger partial charge in [0.05, 0.1) is 20.0 Å². The van der Waals surface area contributed by atoms with Crippen molar-refractivity contribution in [3.8, 4) is 11.5 Å². The third-order valence-electron chi connectivity index (χ3n) is 6.26. The number of carbonyl (C=O) groups excluding carboxylic acids is 3. The van der Waals surface area contributed by atoms with Crippen LogP contribution >= 0.6 is 11.8 Å². The van der Waals surface area contributed by atoms with Gasteiger partial charge in [-0.15, -0.1) is 11.8 Å². The highest BCUT2D eigenvalue weighted by Gasteiger charge is 2.17. The summed E-state index contributed by atoms with van der Waals surface area (Å²) >= 11 is 1.39. The Morgan fingerprint density at radius 1 is 0.767 bits per heavy atom. The standard InChI is InChI=1S/C34H33N3O5S/c1-22-16-23(2)18-27(17-22)35-32(38)21-43-29-14-11-26(12-15-29)36-34(40)30(37-33(39)24-8-6-5-7-9-24)19-25-10-13-28(41-3)20-31(25)42-4/h5-20H,21H2,1-4H3,(H,35,38)(H,36,40)(H,37,39)/b30-19-. The second-order valence-electron chi connectivity index (χ2n) is 9.68. The molecule has 4 rings (SSSR count). The molecule has 0 fully saturated rings. The minimum absolute atomic E-state index is 0.0267. The van der Waals surface area contributed by atoms with Gasteiger partial charge in [-0.05, 0) is 91.7 Å². The number of nitrogens with one attached hydrogen (secondary N) is 3. The predicted molar refractivity (Wildman–Crippen MR) is 172 cm³/mol. The van der Waals surface area contributed by atoms with Gasteiger partial charge in [0.2, 0.25) is 5.91 Å². The van der Waals surface area contributed by atoms with E-state index < -0.39 is 11.8 Å². The molecule has 0 bridgehead atoms. The topological polar surface area (TPSA) is 106 Å². The number of thioether (sulfide) groups is 1. The summed E-state index contributed by atoms with van der Waals surface area (Å²) in [5, 5.41) is 8.50. The number of anilines is 2. The van der Waals surface area contributed by atoms with Gasteiger partial charge >= 0.3 is 0 Å². The molecule has 3 amide bonds. The monoisotopic (exact) mass is 595 g/mol. The maximum atomic E-state index is 13.4. The van der Waals surface area contributed by atoms with E-state index in [1.54, 1.807) is 67.8 Å². The van der Waals surface area contributed by atoms with Crippen LogP contribution in [0, 0.1) is 13.8 Å². The van der Waals surface area contributed by atoms with E-state index in [0.29, 0.717) is 28.3 Å². The Bertz CT molecular complexity index is 1620. The molecular weight excluding hydrogens is 562 g/mol. The van der Waals surface area contributed by atoms with Crippen molar-refractivity contribution >= 4 is 46.9 Å². The second-order valence-corrected chi connectivity index (χ2v) is 10.7. The van der Waals surface area contributed by atoms with Gasteiger partial charge in [-0.3, -0.25) is 14.4 Å². The molecule has 3 N–H and O–H groups in total. The Labute approximate surface area is 255 Å². The van der Waals surface area contributed by atoms with Gasteiger partial charge in [-0.25, -0.2) is 0 Å². The van der Waals surface area contributed by atoms with Crippen LogP contribution in [0.2, 0.25) is 0 Å². The first-order valence-corrected chi connectivity index (χ1v) is 14.4. The maximum absolute atomic E-state index is 13.4. The first kappa shape index (κ1) is 30.9. The quantitative estimate of drug-likeness (QED) is 0.136. The number of carbonyl (C=O) groups is 3. The summed E-state index contributed by atoms with van der Waals surface area (Å²) in [7, 11) is 3.06. The molecule has 0 aliphatic rings. The highest BCUT2D eigenvalue weighted by molar-refractivity contribution is 8.00. The normalized spacial score (nSPS) is 10.9. The van der Waals surface area contributed by atoms with Crippen LogP contribution < -0.4 is 25.4 Å². The van der Waals surface area contributed by atoms with Crippen LogP contribution in [0.1, 0.15) is 27.0 Å². The molecule has 9 heteroatoms. The summed E-state index contributed by atoms with van der Waals surface area (Å²) in [4.78, 5) is 39.7. The van der Waals surface area contributed by atoms with E-state index in [4.69, 9.17) is 9.47 Å². The Balaban J connectivity index is 1.45. The van der Waals surface area contributed by atoms with Gasteiger partial charge in [-0.2, -0.15) is 0 Å². The fraction of sp³-hybridized carbons (Fsp3) is 0.147. The molecular formula is C34H33N3O5S. The van der Waals surface area contributed by atoms with Gasteiger partial charge in [0, 0.05) is 33.5 Å². The lowest BCUT2D eigenvalue weighted by atomic mass is 10.1. The molecule has 0 saturated heterocycles. The molecule has 4 aromatic rings. The molecule has 0 spiro atoms. The van der Waals surface area contributed by atoms with E-state index in [1.165, 1.54) is 18.9 Å². The average molecular weight is 596 g/mol. The minimum atomic E-state index is -0.518. The van der Waals surface area contributed by atoms with Crippen LogP contribution in [0.15, 0.2) is 102 Å². The van der Waals surface area contributed by atoms with Crippen molar-refractivity contribution in [2.75, 3.05) is 30.6 Å². The fourth-order valence-electron chi connectivity index (χ4n) is 4.26. The smallest absolute Gasteiger partial charge is 0.272 e. The van der Waals surface area contributed by atoms with Crippen molar-refractivity contribution in [2.45, 2.75) is 18.7 Å². The highest BCUT2D eigenvalue weighted by atomic mass is 32.2. The molecule has 0 heterocycles. The predicted octanol–water partition coefficient (Wildman–Crippen LogP) is 6.46. The van der Waals surface area contributed by atoms with E-state index in [0.717, 1.165) is 21.7 Å². The number of amides is 3. The summed E-state index contributed by atoms with van der Waals surface area (Å²) in [5.41, 5.74) is 4.48. The molecule has 0 atom stereocenters. The summed E-state index contributed by atoms with van der Waals surface area (Å²) in [5.74, 6) is 0.248. The number of benzene rings is 4. The molecule has 43 heavy (non-hydrogen) atoms. The Kier molecular flexibility index (Phi) is 10.6. The van der Waals surface area contributed by atoms with Crippen LogP contribution in [0.4, 0.5) is 11.4 Å². The Morgan fingerprint density at radius 2 is 1.47 bits per heavy atom. The van der Waals surface area contributed by atoms with Crippen molar-refractivity contribution in [1.82, 2.24) is 5.32 Å². The van der Waals surface area contributed by atoms with Gasteiger partial charge in [-0.1, -0.05) is 24.3 Å². The van der Waals surface area contributed by atoms with E-state index in [-0.39, 0.29) is 17.4 Å². The van der Waals surface area contributed by atoms with Crippen LogP contribution in [0.5, 0.6) is 11.5 Å². The number of methoxy groups -OCH3 is 2. The van der Waals surface area contributed by atoms with Crippen LogP contribution in [-0.2, 0) is 9.59 Å². The molecule has 0 saturated carbocycles. The van der Waals surface area contributed by atoms with E-state index in [2.05, 4.69) is 22.0 Å². The summed E-state index contributed by atoms with van der Waals surface area (Å²) in [6, 6.07) is 26.8. The van der Waals surface area contributed by atoms with Crippen molar-refractivity contribution < 1.29 is 23.9 Å². The van der Waals surface area contributed by atoms with Crippen molar-refractivity contribution in [2.24, 2.45) is 0 Å². The van der Waals surface area contributed by atoms with Crippen LogP contribution in [0.25, 0.3) is 6.08 Å². The zero-order valence-electron chi connectivity index (χ0n) is 24.4. The maximum Gasteiger partial charge on any atom is 0.272 e. The number of ether oxygens (including phenoxy) is 2. The average Bonchev–Trinajstić information content (AvgIpc) is 3.00. The zero-order valence-corrected chi connectivity index (χ0v) is 25.2. The molecule has 8 nitrogen and oxygen atoms in total. The summed E-state index contributed by atoms with van der Waals surface area (Å²) in [6.07, 6.45) is 1.55. The Hall–Kier alpha value is -5.02. The summed E-state index contributed by atoms with van der Waals surface area (Å²) < 4.78 is 10.7. The van der Waals surface area contributed by atoms with Crippen molar-refractivity contribution in [1.29, 1.82) is 0 Å². The first-order valence-electron chi connectivity index (χ1n) is 13.5. The lowest BCUT2D eigenvalue weighted by Gasteiger charge is -2.13. The third kappa shape index (κ3) is 8.98. The largest absolute Gasteiger partial charge is 0.497 e. The number of aryl methyl sites for hydroxylation is 2. The second kappa shape index (κ2) is 14.7. The lowest BCUT2D eigenvalue weighted by molar-refractivity contribution is -0.114. The van der Waals surface area contributed by atoms with Gasteiger partial charge in [0.1, 0.15) is 17.2 Å². The van der Waals surface area contributed by atoms with Gasteiger partial charge in [0.25, 0.3) is 11.8 Å². The third-order valence-corrected chi connectivity index (χ3v) is 7.27. The molecule has 4 aromatic carbocycles. The lowest BCUT2D eigenvalue weighted by Crippen LogP contribution is -2.30. The molecule has 0 aliphatic heterocycles. The molecule has 0 aliphatic carbocycles. The number of rotatable bonds is 11. The van der Waals surface area contributed by atoms with Crippen molar-refractivity contribution in [3.63, 3.8) is 0 Å². The molecule has 0 aromatic heterocycles. The zero-order chi connectivity index (χ0) is 30.8. The van der Waals surface area contributed by atoms with E-state index in [9.17, 15) is 14.4 Å². The number of hydrogen-bond donors (Lipinski definition) is 3. The molecule has 0 unspecified atom stereocenters. The van der Waals surface area contributed by atoms with Gasteiger partial charge in [0.15, 0.2) is 0 Å².